The maximum absolute atomic E-state index is 11.3. The van der Waals surface area contributed by atoms with E-state index >= 15 is 0 Å². The molecule has 2 atom stereocenters. The molecule has 0 amide bonds. The molecule has 1 heterocycles. The zero-order valence-corrected chi connectivity index (χ0v) is 9.95. The van der Waals surface area contributed by atoms with Gasteiger partial charge in [0.2, 0.25) is 0 Å². The second-order valence-corrected chi connectivity index (χ2v) is 4.30. The molecule has 1 fully saturated rings. The molecule has 0 bridgehead atoms. The van der Waals surface area contributed by atoms with Crippen LogP contribution in [-0.2, 0) is 9.53 Å². The highest BCUT2D eigenvalue weighted by atomic mass is 16.5. The Labute approximate surface area is 92.0 Å². The van der Waals surface area contributed by atoms with E-state index in [4.69, 9.17) is 4.74 Å². The van der Waals surface area contributed by atoms with Gasteiger partial charge in [0.25, 0.3) is 0 Å². The van der Waals surface area contributed by atoms with Gasteiger partial charge in [0, 0.05) is 13.1 Å². The Morgan fingerprint density at radius 1 is 1.67 bits per heavy atom. The molecular weight excluding hydrogens is 192 g/mol. The molecule has 1 aliphatic heterocycles. The van der Waals surface area contributed by atoms with Gasteiger partial charge in [0.05, 0.1) is 6.61 Å². The van der Waals surface area contributed by atoms with Crippen molar-refractivity contribution in [1.82, 2.24) is 10.2 Å². The molecule has 4 heteroatoms. The summed E-state index contributed by atoms with van der Waals surface area (Å²) in [5.41, 5.74) is 0. The Kier molecular flexibility index (Phi) is 5.05. The highest BCUT2D eigenvalue weighted by Crippen LogP contribution is 2.12. The standard InChI is InChI=1S/C11H22N2O2/c1-4-15-11(14)9(2)12-7-10-5-6-13(3)8-10/h9-10,12H,4-8H2,1-3H3. The van der Waals surface area contributed by atoms with Crippen molar-refractivity contribution in [2.45, 2.75) is 26.3 Å². The first-order valence-corrected chi connectivity index (χ1v) is 5.72. The number of nitrogens with one attached hydrogen (secondary N) is 1. The molecule has 1 N–H and O–H groups in total. The van der Waals surface area contributed by atoms with Gasteiger partial charge in [0.15, 0.2) is 0 Å². The topological polar surface area (TPSA) is 41.6 Å². The van der Waals surface area contributed by atoms with Gasteiger partial charge >= 0.3 is 5.97 Å². The van der Waals surface area contributed by atoms with Crippen molar-refractivity contribution in [3.8, 4) is 0 Å². The Morgan fingerprint density at radius 3 is 2.93 bits per heavy atom. The quantitative estimate of drug-likeness (QED) is 0.676. The number of likely N-dealkylation sites (tertiary alicyclic amines) is 1. The van der Waals surface area contributed by atoms with Crippen LogP contribution in [0.3, 0.4) is 0 Å². The maximum atomic E-state index is 11.3. The van der Waals surface area contributed by atoms with Gasteiger partial charge in [0.1, 0.15) is 6.04 Å². The van der Waals surface area contributed by atoms with E-state index in [0.717, 1.165) is 13.1 Å². The fourth-order valence-electron chi connectivity index (χ4n) is 1.89. The van der Waals surface area contributed by atoms with Crippen LogP contribution < -0.4 is 5.32 Å². The molecule has 0 aromatic heterocycles. The summed E-state index contributed by atoms with van der Waals surface area (Å²) < 4.78 is 4.93. The number of hydrogen-bond acceptors (Lipinski definition) is 4. The Balaban J connectivity index is 2.16. The van der Waals surface area contributed by atoms with Crippen LogP contribution in [0.1, 0.15) is 20.3 Å². The molecule has 0 aromatic rings. The zero-order valence-electron chi connectivity index (χ0n) is 9.95. The van der Waals surface area contributed by atoms with Crippen molar-refractivity contribution >= 4 is 5.97 Å². The van der Waals surface area contributed by atoms with E-state index in [0.29, 0.717) is 12.5 Å². The number of ether oxygens (including phenoxy) is 1. The van der Waals surface area contributed by atoms with Crippen LogP contribution in [-0.4, -0.2) is 50.2 Å². The number of carbonyl (C=O) groups is 1. The summed E-state index contributed by atoms with van der Waals surface area (Å²) in [6, 6.07) is -0.184. The molecule has 1 rings (SSSR count). The Bertz CT molecular complexity index is 209. The number of nitrogens with zero attached hydrogens (tertiary/aromatic N) is 1. The average molecular weight is 214 g/mol. The molecule has 88 valence electrons. The maximum Gasteiger partial charge on any atom is 0.322 e. The lowest BCUT2D eigenvalue weighted by Gasteiger charge is -2.16. The van der Waals surface area contributed by atoms with E-state index in [1.165, 1.54) is 13.0 Å². The van der Waals surface area contributed by atoms with Crippen LogP contribution in [0.4, 0.5) is 0 Å². The van der Waals surface area contributed by atoms with Crippen LogP contribution in [0.2, 0.25) is 0 Å². The molecular formula is C11H22N2O2. The number of rotatable bonds is 5. The van der Waals surface area contributed by atoms with Crippen LogP contribution in [0.15, 0.2) is 0 Å². The molecule has 4 nitrogen and oxygen atoms in total. The van der Waals surface area contributed by atoms with Gasteiger partial charge in [-0.25, -0.2) is 0 Å². The van der Waals surface area contributed by atoms with E-state index in [-0.39, 0.29) is 12.0 Å². The lowest BCUT2D eigenvalue weighted by Crippen LogP contribution is -2.38. The van der Waals surface area contributed by atoms with Crippen molar-refractivity contribution in [1.29, 1.82) is 0 Å². The fraction of sp³-hybridized carbons (Fsp3) is 0.909. The predicted octanol–water partition coefficient (Wildman–Crippen LogP) is 0.479. The molecule has 2 unspecified atom stereocenters. The minimum Gasteiger partial charge on any atom is -0.465 e. The van der Waals surface area contributed by atoms with Crippen LogP contribution in [0.25, 0.3) is 0 Å². The molecule has 1 saturated heterocycles. The molecule has 0 aliphatic carbocycles. The summed E-state index contributed by atoms with van der Waals surface area (Å²) in [6.45, 7) is 7.34. The molecule has 0 saturated carbocycles. The Hall–Kier alpha value is -0.610. The van der Waals surface area contributed by atoms with Gasteiger partial charge in [-0.1, -0.05) is 0 Å². The fourth-order valence-corrected chi connectivity index (χ4v) is 1.89. The minimum absolute atomic E-state index is 0.149. The summed E-state index contributed by atoms with van der Waals surface area (Å²) in [4.78, 5) is 13.6. The number of hydrogen-bond donors (Lipinski definition) is 1. The third-order valence-electron chi connectivity index (χ3n) is 2.84. The molecule has 15 heavy (non-hydrogen) atoms. The van der Waals surface area contributed by atoms with Crippen LogP contribution in [0.5, 0.6) is 0 Å². The summed E-state index contributed by atoms with van der Waals surface area (Å²) in [5.74, 6) is 0.524. The van der Waals surface area contributed by atoms with Crippen molar-refractivity contribution < 1.29 is 9.53 Å². The zero-order chi connectivity index (χ0) is 11.3. The first-order valence-electron chi connectivity index (χ1n) is 5.72. The van der Waals surface area contributed by atoms with Crippen LogP contribution in [0, 0.1) is 5.92 Å². The number of carbonyl (C=O) groups excluding carboxylic acids is 1. The van der Waals surface area contributed by atoms with E-state index in [1.54, 1.807) is 0 Å². The minimum atomic E-state index is -0.184. The van der Waals surface area contributed by atoms with Gasteiger partial charge < -0.3 is 15.0 Å². The smallest absolute Gasteiger partial charge is 0.322 e. The van der Waals surface area contributed by atoms with E-state index in [9.17, 15) is 4.79 Å². The first kappa shape index (κ1) is 12.5. The van der Waals surface area contributed by atoms with Crippen molar-refractivity contribution in [2.24, 2.45) is 5.92 Å². The third kappa shape index (κ3) is 4.18. The largest absolute Gasteiger partial charge is 0.465 e. The van der Waals surface area contributed by atoms with E-state index < -0.39 is 0 Å². The van der Waals surface area contributed by atoms with E-state index in [1.807, 2.05) is 13.8 Å². The lowest BCUT2D eigenvalue weighted by atomic mass is 10.1. The third-order valence-corrected chi connectivity index (χ3v) is 2.84. The highest BCUT2D eigenvalue weighted by molar-refractivity contribution is 5.75. The average Bonchev–Trinajstić information content (AvgIpc) is 2.61. The SMILES string of the molecule is CCOC(=O)C(C)NCC1CCN(C)C1. The summed E-state index contributed by atoms with van der Waals surface area (Å²) >= 11 is 0. The summed E-state index contributed by atoms with van der Waals surface area (Å²) in [7, 11) is 2.13. The highest BCUT2D eigenvalue weighted by Gasteiger charge is 2.21. The molecule has 0 aromatic carbocycles. The van der Waals surface area contributed by atoms with Crippen molar-refractivity contribution in [2.75, 3.05) is 33.3 Å². The molecule has 0 spiro atoms. The van der Waals surface area contributed by atoms with Gasteiger partial charge in [-0.2, -0.15) is 0 Å². The van der Waals surface area contributed by atoms with Gasteiger partial charge in [-0.15, -0.1) is 0 Å². The van der Waals surface area contributed by atoms with E-state index in [2.05, 4.69) is 17.3 Å². The van der Waals surface area contributed by atoms with Crippen molar-refractivity contribution in [3.05, 3.63) is 0 Å². The predicted molar refractivity (Wildman–Crippen MR) is 59.7 cm³/mol. The summed E-state index contributed by atoms with van der Waals surface area (Å²) in [6.07, 6.45) is 1.22. The molecule has 1 aliphatic rings. The number of esters is 1. The van der Waals surface area contributed by atoms with Crippen LogP contribution >= 0.6 is 0 Å². The first-order chi connectivity index (χ1) is 7.13. The Morgan fingerprint density at radius 2 is 2.40 bits per heavy atom. The molecule has 0 radical (unpaired) electrons. The van der Waals surface area contributed by atoms with Gasteiger partial charge in [-0.3, -0.25) is 4.79 Å². The van der Waals surface area contributed by atoms with Gasteiger partial charge in [-0.05, 0) is 39.8 Å². The lowest BCUT2D eigenvalue weighted by molar-refractivity contribution is -0.145. The second-order valence-electron chi connectivity index (χ2n) is 4.30. The monoisotopic (exact) mass is 214 g/mol. The van der Waals surface area contributed by atoms with Crippen molar-refractivity contribution in [3.63, 3.8) is 0 Å². The normalized spacial score (nSPS) is 24.1. The second kappa shape index (κ2) is 6.08. The summed E-state index contributed by atoms with van der Waals surface area (Å²) in [5, 5.41) is 3.23.